The third-order valence-electron chi connectivity index (χ3n) is 3.55. The zero-order chi connectivity index (χ0) is 17.4. The Morgan fingerprint density at radius 1 is 1.17 bits per heavy atom. The number of nitrogens with zero attached hydrogens (tertiary/aromatic N) is 4. The van der Waals surface area contributed by atoms with Crippen LogP contribution in [0.5, 0.6) is 0 Å². The molecule has 0 aliphatic carbocycles. The second-order valence-electron chi connectivity index (χ2n) is 5.24. The fourth-order valence-corrected chi connectivity index (χ4v) is 3.76. The third-order valence-corrected chi connectivity index (χ3v) is 5.20. The molecular weight excluding hydrogens is 392 g/mol. The zero-order valence-electron chi connectivity index (χ0n) is 13.4. The molecule has 0 radical (unpaired) electrons. The van der Waals surface area contributed by atoms with Gasteiger partial charge in [0, 0.05) is 23.4 Å². The highest BCUT2D eigenvalue weighted by molar-refractivity contribution is 9.10. The Bertz CT molecular complexity index is 857. The van der Waals surface area contributed by atoms with Gasteiger partial charge in [0.1, 0.15) is 0 Å². The van der Waals surface area contributed by atoms with Crippen LogP contribution in [0.4, 0.5) is 0 Å². The van der Waals surface area contributed by atoms with Gasteiger partial charge in [-0.25, -0.2) is 9.69 Å². The minimum Gasteiger partial charge on any atom is -0.294 e. The lowest BCUT2D eigenvalue weighted by Gasteiger charge is -2.32. The normalized spacial score (nSPS) is 13.9. The summed E-state index contributed by atoms with van der Waals surface area (Å²) in [6, 6.07) is 7.51. The van der Waals surface area contributed by atoms with Crippen LogP contribution < -0.4 is 5.01 Å². The van der Waals surface area contributed by atoms with Crippen LogP contribution in [0.15, 0.2) is 38.8 Å². The molecule has 1 aliphatic rings. The maximum atomic E-state index is 12.4. The first-order chi connectivity index (χ1) is 11.4. The van der Waals surface area contributed by atoms with E-state index in [1.54, 1.807) is 4.68 Å². The molecule has 0 saturated heterocycles. The standard InChI is InChI=1S/C16H15BrN4O2S/c1-4-13-18-19-16-21(13)20(10(3)23)14(15(24-16)9(2)22)11-5-7-12(17)8-6-11/h5-8H,4H2,1-3H3. The van der Waals surface area contributed by atoms with Crippen molar-refractivity contribution in [2.75, 3.05) is 5.01 Å². The average molecular weight is 407 g/mol. The number of thioether (sulfide) groups is 1. The molecule has 124 valence electrons. The van der Waals surface area contributed by atoms with E-state index in [1.807, 2.05) is 31.2 Å². The largest absolute Gasteiger partial charge is 0.294 e. The first-order valence-corrected chi connectivity index (χ1v) is 8.99. The highest BCUT2D eigenvalue weighted by Crippen LogP contribution is 2.39. The molecule has 0 N–H and O–H groups in total. The number of allylic oxidation sites excluding steroid dienone is 1. The predicted octanol–water partition coefficient (Wildman–Crippen LogP) is 3.15. The molecule has 0 fully saturated rings. The molecular formula is C16H15BrN4O2S. The number of aromatic nitrogens is 3. The number of fused-ring (bicyclic) bond motifs is 1. The fraction of sp³-hybridized carbons (Fsp3) is 0.250. The van der Waals surface area contributed by atoms with Crippen molar-refractivity contribution >= 4 is 45.1 Å². The highest BCUT2D eigenvalue weighted by Gasteiger charge is 2.34. The number of hydrogen-bond donors (Lipinski definition) is 0. The third kappa shape index (κ3) is 2.80. The number of hydrogen-bond acceptors (Lipinski definition) is 5. The van der Waals surface area contributed by atoms with Crippen molar-refractivity contribution < 1.29 is 9.59 Å². The topological polar surface area (TPSA) is 68.1 Å². The molecule has 2 aromatic rings. The van der Waals surface area contributed by atoms with Crippen molar-refractivity contribution in [1.82, 2.24) is 14.9 Å². The van der Waals surface area contributed by atoms with Crippen molar-refractivity contribution in [3.05, 3.63) is 45.0 Å². The molecule has 1 aromatic heterocycles. The zero-order valence-corrected chi connectivity index (χ0v) is 15.8. The van der Waals surface area contributed by atoms with Gasteiger partial charge in [-0.1, -0.05) is 35.0 Å². The summed E-state index contributed by atoms with van der Waals surface area (Å²) in [7, 11) is 0. The quantitative estimate of drug-likeness (QED) is 0.782. The summed E-state index contributed by atoms with van der Waals surface area (Å²) >= 11 is 4.65. The van der Waals surface area contributed by atoms with Crippen molar-refractivity contribution in [1.29, 1.82) is 0 Å². The van der Waals surface area contributed by atoms with Crippen molar-refractivity contribution in [2.45, 2.75) is 32.3 Å². The number of carbonyl (C=O) groups excluding carboxylic acids is 2. The van der Waals surface area contributed by atoms with Crippen molar-refractivity contribution in [3.63, 3.8) is 0 Å². The summed E-state index contributed by atoms with van der Waals surface area (Å²) in [6.07, 6.45) is 0.625. The van der Waals surface area contributed by atoms with E-state index in [-0.39, 0.29) is 11.7 Å². The summed E-state index contributed by atoms with van der Waals surface area (Å²) in [6.45, 7) is 4.91. The van der Waals surface area contributed by atoms with E-state index < -0.39 is 0 Å². The SMILES string of the molecule is CCc1nnc2n1N(C(C)=O)C(c1ccc(Br)cc1)=C(C(C)=O)S2. The summed E-state index contributed by atoms with van der Waals surface area (Å²) in [5.74, 6) is 0.351. The maximum absolute atomic E-state index is 12.4. The Hall–Kier alpha value is -1.93. The van der Waals surface area contributed by atoms with Crippen LogP contribution in [0.1, 0.15) is 32.2 Å². The molecule has 3 rings (SSSR count). The summed E-state index contributed by atoms with van der Waals surface area (Å²) in [5, 5.41) is 10.3. The van der Waals surface area contributed by atoms with Gasteiger partial charge in [-0.05, 0) is 30.8 Å². The Morgan fingerprint density at radius 2 is 1.83 bits per heavy atom. The smallest absolute Gasteiger partial charge is 0.243 e. The lowest BCUT2D eigenvalue weighted by atomic mass is 10.1. The van der Waals surface area contributed by atoms with Crippen LogP contribution in [0.2, 0.25) is 0 Å². The predicted molar refractivity (Wildman–Crippen MR) is 95.9 cm³/mol. The monoisotopic (exact) mass is 406 g/mol. The van der Waals surface area contributed by atoms with Gasteiger partial charge >= 0.3 is 0 Å². The van der Waals surface area contributed by atoms with E-state index in [1.165, 1.54) is 30.6 Å². The van der Waals surface area contributed by atoms with Crippen LogP contribution >= 0.6 is 27.7 Å². The minimum atomic E-state index is -0.206. The molecule has 1 aliphatic heterocycles. The Morgan fingerprint density at radius 3 is 2.38 bits per heavy atom. The molecule has 6 nitrogen and oxygen atoms in total. The molecule has 0 atom stereocenters. The van der Waals surface area contributed by atoms with Gasteiger partial charge in [-0.3, -0.25) is 9.59 Å². The average Bonchev–Trinajstić information content (AvgIpc) is 2.96. The van der Waals surface area contributed by atoms with E-state index in [2.05, 4.69) is 26.1 Å². The van der Waals surface area contributed by atoms with Gasteiger partial charge < -0.3 is 0 Å². The Balaban J connectivity index is 2.28. The van der Waals surface area contributed by atoms with Gasteiger partial charge in [0.15, 0.2) is 11.6 Å². The minimum absolute atomic E-state index is 0.114. The number of Topliss-reactive ketones (excluding diaryl/α,β-unsaturated/α-hetero) is 1. The molecule has 1 amide bonds. The molecule has 0 bridgehead atoms. The van der Waals surface area contributed by atoms with Gasteiger partial charge in [-0.2, -0.15) is 0 Å². The second kappa shape index (κ2) is 6.52. The first kappa shape index (κ1) is 16.9. The van der Waals surface area contributed by atoms with Crippen LogP contribution in [0.25, 0.3) is 5.70 Å². The molecule has 24 heavy (non-hydrogen) atoms. The Labute approximate surface area is 152 Å². The fourth-order valence-electron chi connectivity index (χ4n) is 2.51. The van der Waals surface area contributed by atoms with Crippen LogP contribution in [0.3, 0.4) is 0 Å². The molecule has 0 spiro atoms. The van der Waals surface area contributed by atoms with E-state index in [4.69, 9.17) is 0 Å². The second-order valence-corrected chi connectivity index (χ2v) is 7.13. The molecule has 2 heterocycles. The first-order valence-electron chi connectivity index (χ1n) is 7.38. The number of halogens is 1. The van der Waals surface area contributed by atoms with E-state index in [9.17, 15) is 9.59 Å². The lowest BCUT2D eigenvalue weighted by Crippen LogP contribution is -2.41. The molecule has 0 unspecified atom stereocenters. The van der Waals surface area contributed by atoms with Crippen LogP contribution in [0, 0.1) is 0 Å². The maximum Gasteiger partial charge on any atom is 0.243 e. The number of benzene rings is 1. The number of aryl methyl sites for hydroxylation is 1. The van der Waals surface area contributed by atoms with Gasteiger partial charge in [0.05, 0.1) is 10.6 Å². The molecule has 1 aromatic carbocycles. The summed E-state index contributed by atoms with van der Waals surface area (Å²) < 4.78 is 2.62. The Kier molecular flexibility index (Phi) is 4.60. The van der Waals surface area contributed by atoms with Crippen molar-refractivity contribution in [3.8, 4) is 0 Å². The number of carbonyl (C=O) groups is 2. The van der Waals surface area contributed by atoms with Gasteiger partial charge in [-0.15, -0.1) is 10.2 Å². The highest BCUT2D eigenvalue weighted by atomic mass is 79.9. The van der Waals surface area contributed by atoms with Gasteiger partial charge in [0.2, 0.25) is 11.1 Å². The lowest BCUT2D eigenvalue weighted by molar-refractivity contribution is -0.117. The van der Waals surface area contributed by atoms with Crippen LogP contribution in [-0.4, -0.2) is 26.6 Å². The van der Waals surface area contributed by atoms with E-state index in [0.29, 0.717) is 28.0 Å². The number of ketones is 1. The van der Waals surface area contributed by atoms with Crippen molar-refractivity contribution in [2.24, 2.45) is 0 Å². The van der Waals surface area contributed by atoms with E-state index >= 15 is 0 Å². The molecule has 0 saturated carbocycles. The summed E-state index contributed by atoms with van der Waals surface area (Å²) in [4.78, 5) is 25.1. The van der Waals surface area contributed by atoms with Gasteiger partial charge in [0.25, 0.3) is 0 Å². The van der Waals surface area contributed by atoms with E-state index in [0.717, 1.165) is 10.0 Å². The number of amides is 1. The number of rotatable bonds is 3. The van der Waals surface area contributed by atoms with Crippen LogP contribution in [-0.2, 0) is 16.0 Å². The summed E-state index contributed by atoms with van der Waals surface area (Å²) in [5.41, 5.74) is 1.35. The molecule has 8 heteroatoms.